The zero-order valence-electron chi connectivity index (χ0n) is 8.14. The Balaban J connectivity index is 3.13. The van der Waals surface area contributed by atoms with Gasteiger partial charge in [-0.3, -0.25) is 0 Å². The normalized spacial score (nSPS) is 9.64. The molecule has 1 rings (SSSR count). The summed E-state index contributed by atoms with van der Waals surface area (Å²) >= 11 is 0. The third-order valence-electron chi connectivity index (χ3n) is 2.07. The van der Waals surface area contributed by atoms with Gasteiger partial charge in [0.1, 0.15) is 0 Å². The number of carboxylic acid groups (broad SMARTS) is 1. The zero-order chi connectivity index (χ0) is 10.7. The molecule has 0 amide bonds. The van der Waals surface area contributed by atoms with Crippen molar-refractivity contribution in [3.05, 3.63) is 29.8 Å². The molecule has 1 aromatic rings. The Hall–Kier alpha value is -1.49. The number of rotatable bonds is 3. The van der Waals surface area contributed by atoms with Crippen molar-refractivity contribution in [2.45, 2.75) is 6.82 Å². The van der Waals surface area contributed by atoms with Crippen molar-refractivity contribution in [1.29, 1.82) is 0 Å². The first-order valence-corrected chi connectivity index (χ1v) is 4.27. The first-order chi connectivity index (χ1) is 6.54. The maximum atomic E-state index is 10.8. The Morgan fingerprint density at radius 2 is 2.00 bits per heavy atom. The monoisotopic (exact) mass is 193 g/mol. The Morgan fingerprint density at radius 1 is 1.43 bits per heavy atom. The van der Waals surface area contributed by atoms with Gasteiger partial charge in [-0.05, 0) is 26.0 Å². The van der Waals surface area contributed by atoms with Gasteiger partial charge in [0, 0.05) is 5.69 Å². The van der Waals surface area contributed by atoms with Gasteiger partial charge in [0.2, 0.25) is 0 Å². The van der Waals surface area contributed by atoms with Crippen LogP contribution in [0.2, 0.25) is 6.82 Å². The SMILES string of the molecule is CB(O)N(C)c1ccccc1C(=O)O. The molecule has 0 saturated heterocycles. The minimum atomic E-state index is -0.992. The number of nitrogens with zero attached hydrogens (tertiary/aromatic N) is 1. The van der Waals surface area contributed by atoms with Crippen molar-refractivity contribution in [3.8, 4) is 0 Å². The number of carboxylic acids is 1. The summed E-state index contributed by atoms with van der Waals surface area (Å²) in [5.41, 5.74) is 0.700. The van der Waals surface area contributed by atoms with Gasteiger partial charge in [0.05, 0.1) is 5.56 Å². The van der Waals surface area contributed by atoms with Crippen molar-refractivity contribution in [2.75, 3.05) is 11.9 Å². The van der Waals surface area contributed by atoms with E-state index in [-0.39, 0.29) is 5.56 Å². The predicted octanol–water partition coefficient (Wildman–Crippen LogP) is 0.931. The topological polar surface area (TPSA) is 60.8 Å². The number of aromatic carboxylic acids is 1. The number of hydrogen-bond acceptors (Lipinski definition) is 3. The average Bonchev–Trinajstić information content (AvgIpc) is 2.16. The lowest BCUT2D eigenvalue weighted by Crippen LogP contribution is -2.34. The van der Waals surface area contributed by atoms with Crippen molar-refractivity contribution in [2.24, 2.45) is 0 Å². The fourth-order valence-corrected chi connectivity index (χ4v) is 1.16. The molecule has 4 nitrogen and oxygen atoms in total. The highest BCUT2D eigenvalue weighted by atomic mass is 16.4. The summed E-state index contributed by atoms with van der Waals surface area (Å²) in [6.45, 7) is 1.58. The fraction of sp³-hybridized carbons (Fsp3) is 0.222. The van der Waals surface area contributed by atoms with E-state index >= 15 is 0 Å². The van der Waals surface area contributed by atoms with Crippen LogP contribution in [0, 0.1) is 0 Å². The Kier molecular flexibility index (Phi) is 3.14. The van der Waals surface area contributed by atoms with E-state index in [0.717, 1.165) is 0 Å². The molecule has 0 radical (unpaired) electrons. The van der Waals surface area contributed by atoms with E-state index in [2.05, 4.69) is 0 Å². The van der Waals surface area contributed by atoms with Gasteiger partial charge in [-0.1, -0.05) is 12.1 Å². The lowest BCUT2D eigenvalue weighted by atomic mass is 9.84. The second-order valence-corrected chi connectivity index (χ2v) is 3.07. The standard InChI is InChI=1S/C9H12BNO3/c1-10(14)11(2)8-6-4-3-5-7(8)9(12)13/h3-6,14H,1-2H3,(H,12,13). The van der Waals surface area contributed by atoms with E-state index in [9.17, 15) is 9.82 Å². The number of para-hydroxylation sites is 1. The molecule has 0 aromatic heterocycles. The van der Waals surface area contributed by atoms with Gasteiger partial charge in [0.25, 0.3) is 0 Å². The smallest absolute Gasteiger partial charge is 0.409 e. The lowest BCUT2D eigenvalue weighted by Gasteiger charge is -2.21. The van der Waals surface area contributed by atoms with Gasteiger partial charge >= 0.3 is 13.0 Å². The molecular formula is C9H12BNO3. The Bertz CT molecular complexity index is 341. The highest BCUT2D eigenvalue weighted by Gasteiger charge is 2.17. The molecule has 5 heteroatoms. The summed E-state index contributed by atoms with van der Waals surface area (Å²) in [6.07, 6.45) is 0. The molecule has 0 aliphatic carbocycles. The molecule has 0 fully saturated rings. The van der Waals surface area contributed by atoms with Crippen molar-refractivity contribution >= 4 is 18.7 Å². The molecule has 0 saturated carbocycles. The molecule has 1 aromatic carbocycles. The zero-order valence-corrected chi connectivity index (χ0v) is 8.14. The summed E-state index contributed by atoms with van der Waals surface area (Å²) in [4.78, 5) is 12.3. The predicted molar refractivity (Wildman–Crippen MR) is 55.6 cm³/mol. The van der Waals surface area contributed by atoms with Crippen LogP contribution in [-0.2, 0) is 0 Å². The minimum absolute atomic E-state index is 0.191. The fourth-order valence-electron chi connectivity index (χ4n) is 1.16. The van der Waals surface area contributed by atoms with Crippen molar-refractivity contribution in [3.63, 3.8) is 0 Å². The van der Waals surface area contributed by atoms with Crippen LogP contribution in [0.4, 0.5) is 5.69 Å². The molecule has 0 spiro atoms. The average molecular weight is 193 g/mol. The summed E-state index contributed by atoms with van der Waals surface area (Å²) in [7, 11) is 0.933. The maximum Gasteiger partial charge on any atom is 0.409 e. The van der Waals surface area contributed by atoms with E-state index in [1.807, 2.05) is 0 Å². The van der Waals surface area contributed by atoms with E-state index in [1.165, 1.54) is 10.9 Å². The Labute approximate surface area is 82.9 Å². The number of benzene rings is 1. The number of carbonyl (C=O) groups is 1. The first kappa shape index (κ1) is 10.6. The van der Waals surface area contributed by atoms with Gasteiger partial charge in [-0.2, -0.15) is 0 Å². The van der Waals surface area contributed by atoms with Gasteiger partial charge in [0.15, 0.2) is 0 Å². The van der Waals surface area contributed by atoms with Crippen LogP contribution < -0.4 is 4.81 Å². The van der Waals surface area contributed by atoms with Crippen LogP contribution in [0.1, 0.15) is 10.4 Å². The largest absolute Gasteiger partial charge is 0.478 e. The summed E-state index contributed by atoms with van der Waals surface area (Å²) in [5.74, 6) is -0.992. The molecule has 0 atom stereocenters. The van der Waals surface area contributed by atoms with E-state index in [4.69, 9.17) is 5.11 Å². The summed E-state index contributed by atoms with van der Waals surface area (Å²) in [5, 5.41) is 18.2. The first-order valence-electron chi connectivity index (χ1n) is 4.27. The van der Waals surface area contributed by atoms with Crippen LogP contribution in [0.15, 0.2) is 24.3 Å². The van der Waals surface area contributed by atoms with Gasteiger partial charge in [-0.25, -0.2) is 4.79 Å². The van der Waals surface area contributed by atoms with E-state index in [1.54, 1.807) is 32.1 Å². The molecule has 14 heavy (non-hydrogen) atoms. The lowest BCUT2D eigenvalue weighted by molar-refractivity contribution is 0.0698. The third-order valence-corrected chi connectivity index (χ3v) is 2.07. The molecule has 0 aliphatic heterocycles. The minimum Gasteiger partial charge on any atom is -0.478 e. The van der Waals surface area contributed by atoms with Crippen LogP contribution in [-0.4, -0.2) is 30.2 Å². The maximum absolute atomic E-state index is 10.8. The summed E-state index contributed by atoms with van der Waals surface area (Å²) < 4.78 is 0. The van der Waals surface area contributed by atoms with Gasteiger partial charge < -0.3 is 14.9 Å². The van der Waals surface area contributed by atoms with Crippen LogP contribution in [0.25, 0.3) is 0 Å². The highest BCUT2D eigenvalue weighted by molar-refractivity contribution is 6.53. The molecule has 0 unspecified atom stereocenters. The highest BCUT2D eigenvalue weighted by Crippen LogP contribution is 2.19. The molecule has 74 valence electrons. The van der Waals surface area contributed by atoms with Crippen molar-refractivity contribution in [1.82, 2.24) is 0 Å². The number of anilines is 1. The second-order valence-electron chi connectivity index (χ2n) is 3.07. The van der Waals surface area contributed by atoms with Gasteiger partial charge in [-0.15, -0.1) is 0 Å². The second kappa shape index (κ2) is 4.15. The molecule has 0 heterocycles. The van der Waals surface area contributed by atoms with Crippen LogP contribution >= 0.6 is 0 Å². The van der Waals surface area contributed by atoms with Crippen LogP contribution in [0.3, 0.4) is 0 Å². The van der Waals surface area contributed by atoms with Crippen molar-refractivity contribution < 1.29 is 14.9 Å². The summed E-state index contributed by atoms with van der Waals surface area (Å²) in [6, 6.07) is 6.57. The van der Waals surface area contributed by atoms with Crippen LogP contribution in [0.5, 0.6) is 0 Å². The number of hydrogen-bond donors (Lipinski definition) is 2. The quantitative estimate of drug-likeness (QED) is 0.701. The molecular weight excluding hydrogens is 181 g/mol. The van der Waals surface area contributed by atoms with E-state index in [0.29, 0.717) is 5.69 Å². The Morgan fingerprint density at radius 3 is 2.50 bits per heavy atom. The van der Waals surface area contributed by atoms with E-state index < -0.39 is 13.0 Å². The third kappa shape index (κ3) is 2.06. The molecule has 0 bridgehead atoms. The molecule has 2 N–H and O–H groups in total. The molecule has 0 aliphatic rings.